The Morgan fingerprint density at radius 3 is 2.00 bits per heavy atom. The topological polar surface area (TPSA) is 27.7 Å². The van der Waals surface area contributed by atoms with E-state index in [2.05, 4.69) is 9.47 Å². The Bertz CT molecular complexity index is 457. The van der Waals surface area contributed by atoms with Gasteiger partial charge in [-0.05, 0) is 19.6 Å². The summed E-state index contributed by atoms with van der Waals surface area (Å²) in [7, 11) is -1.25. The summed E-state index contributed by atoms with van der Waals surface area (Å²) in [6.07, 6.45) is -10.4. The van der Waals surface area contributed by atoms with E-state index in [9.17, 15) is 30.7 Å². The van der Waals surface area contributed by atoms with Crippen LogP contribution in [0, 0.1) is 0 Å². The predicted molar refractivity (Wildman–Crippen MR) is 68.8 cm³/mol. The summed E-state index contributed by atoms with van der Waals surface area (Å²) in [6.45, 7) is 5.09. The second kappa shape index (κ2) is 6.24. The molecule has 0 aromatic heterocycles. The van der Waals surface area contributed by atoms with Gasteiger partial charge in [-0.25, -0.2) is 0 Å². The second-order valence-electron chi connectivity index (χ2n) is 5.98. The second-order valence-corrected chi connectivity index (χ2v) is 10.4. The fraction of sp³-hybridized carbons (Fsp3) is 0.833. The van der Waals surface area contributed by atoms with Crippen LogP contribution >= 0.6 is 0 Å². The number of hydrogen-bond donors (Lipinski definition) is 0. The highest BCUT2D eigenvalue weighted by Crippen LogP contribution is 2.50. The van der Waals surface area contributed by atoms with Crippen LogP contribution in [0.3, 0.4) is 0 Å². The first-order chi connectivity index (χ1) is 10.1. The molecular weight excluding hydrogens is 353 g/mol. The maximum Gasteiger partial charge on any atom is 0.459 e. The quantitative estimate of drug-likeness (QED) is 0.533. The maximum absolute atomic E-state index is 13.8. The highest BCUT2D eigenvalue weighted by Gasteiger charge is 2.76. The van der Waals surface area contributed by atoms with Gasteiger partial charge in [0.15, 0.2) is 6.29 Å². The third-order valence-corrected chi connectivity index (χ3v) is 3.73. The molecule has 1 aliphatic rings. The summed E-state index contributed by atoms with van der Waals surface area (Å²) in [6, 6.07) is 0. The molecule has 0 spiro atoms. The molecule has 0 aromatic carbocycles. The van der Waals surface area contributed by atoms with E-state index in [0.29, 0.717) is 0 Å². The highest BCUT2D eigenvalue weighted by molar-refractivity contribution is 6.70. The number of alkyl halides is 7. The van der Waals surface area contributed by atoms with Gasteiger partial charge in [0.1, 0.15) is 6.10 Å². The molecule has 0 aliphatic carbocycles. The van der Waals surface area contributed by atoms with E-state index < -0.39 is 45.2 Å². The monoisotopic (exact) mass is 370 g/mol. The van der Waals surface area contributed by atoms with Crippen molar-refractivity contribution in [1.29, 1.82) is 0 Å². The van der Waals surface area contributed by atoms with Gasteiger partial charge >= 0.3 is 18.0 Å². The molecule has 23 heavy (non-hydrogen) atoms. The minimum Gasteiger partial charge on any atom is -0.547 e. The zero-order valence-corrected chi connectivity index (χ0v) is 13.8. The molecule has 0 unspecified atom stereocenters. The first-order valence-electron chi connectivity index (χ1n) is 6.52. The standard InChI is InChI=1S/C12H17F7O3Si/c1-20-9-6-7(22-23(2,3)4)5-8(21-9)10(13,14)11(15,16)12(17,18)19/h6,8-9H,5H2,1-4H3/t8-,9-/m1/s1. The summed E-state index contributed by atoms with van der Waals surface area (Å²) in [5.74, 6) is -11.9. The van der Waals surface area contributed by atoms with Crippen molar-refractivity contribution in [2.45, 2.75) is 56.5 Å². The fourth-order valence-electron chi connectivity index (χ4n) is 1.85. The molecule has 0 saturated carbocycles. The van der Waals surface area contributed by atoms with E-state index in [1.54, 1.807) is 19.6 Å². The van der Waals surface area contributed by atoms with Crippen LogP contribution in [0.4, 0.5) is 30.7 Å². The van der Waals surface area contributed by atoms with E-state index in [0.717, 1.165) is 13.2 Å². The van der Waals surface area contributed by atoms with Crippen LogP contribution in [0.5, 0.6) is 0 Å². The highest BCUT2D eigenvalue weighted by atomic mass is 28.4. The van der Waals surface area contributed by atoms with Gasteiger partial charge < -0.3 is 13.9 Å². The lowest BCUT2D eigenvalue weighted by Gasteiger charge is -2.38. The van der Waals surface area contributed by atoms with Gasteiger partial charge in [0, 0.05) is 19.6 Å². The number of rotatable bonds is 5. The fourth-order valence-corrected chi connectivity index (χ4v) is 2.79. The van der Waals surface area contributed by atoms with Crippen LogP contribution in [0.25, 0.3) is 0 Å². The molecule has 136 valence electrons. The first kappa shape index (κ1) is 20.2. The van der Waals surface area contributed by atoms with Gasteiger partial charge in [-0.15, -0.1) is 0 Å². The van der Waals surface area contributed by atoms with E-state index >= 15 is 0 Å². The van der Waals surface area contributed by atoms with Crippen LogP contribution in [-0.2, 0) is 13.9 Å². The average molecular weight is 370 g/mol. The minimum atomic E-state index is -6.41. The lowest BCUT2D eigenvalue weighted by molar-refractivity contribution is -0.380. The Morgan fingerprint density at radius 1 is 1.09 bits per heavy atom. The predicted octanol–water partition coefficient (Wildman–Crippen LogP) is 4.32. The van der Waals surface area contributed by atoms with E-state index in [4.69, 9.17) is 4.43 Å². The molecule has 0 amide bonds. The Kier molecular flexibility index (Phi) is 5.49. The van der Waals surface area contributed by atoms with Crippen molar-refractivity contribution in [3.63, 3.8) is 0 Å². The number of halogens is 7. The molecular formula is C12H17F7O3Si. The zero-order chi connectivity index (χ0) is 18.3. The van der Waals surface area contributed by atoms with Crippen LogP contribution in [0.2, 0.25) is 19.6 Å². The molecule has 0 N–H and O–H groups in total. The Hall–Kier alpha value is -0.813. The van der Waals surface area contributed by atoms with E-state index in [1.807, 2.05) is 0 Å². The molecule has 1 aliphatic heterocycles. The Labute approximate surface area is 129 Å². The Balaban J connectivity index is 3.11. The zero-order valence-electron chi connectivity index (χ0n) is 12.8. The minimum absolute atomic E-state index is 0.148. The molecule has 2 atom stereocenters. The molecule has 0 radical (unpaired) electrons. The summed E-state index contributed by atoms with van der Waals surface area (Å²) >= 11 is 0. The molecule has 1 heterocycles. The van der Waals surface area contributed by atoms with Crippen LogP contribution in [0.15, 0.2) is 11.8 Å². The maximum atomic E-state index is 13.8. The first-order valence-corrected chi connectivity index (χ1v) is 9.93. The normalized spacial score (nSPS) is 24.4. The Morgan fingerprint density at radius 2 is 1.61 bits per heavy atom. The van der Waals surface area contributed by atoms with Gasteiger partial charge in [0.05, 0.1) is 5.76 Å². The lowest BCUT2D eigenvalue weighted by atomic mass is 9.99. The van der Waals surface area contributed by atoms with Gasteiger partial charge in [-0.1, -0.05) is 0 Å². The number of hydrogen-bond acceptors (Lipinski definition) is 3. The van der Waals surface area contributed by atoms with Crippen LogP contribution in [-0.4, -0.2) is 45.8 Å². The SMILES string of the molecule is CO[C@H]1C=C(O[Si](C)(C)C)C[C@H](C(F)(F)C(F)(F)C(F)(F)F)O1. The summed E-state index contributed by atoms with van der Waals surface area (Å²) < 4.78 is 105. The third-order valence-electron chi connectivity index (χ3n) is 2.86. The molecule has 0 fully saturated rings. The smallest absolute Gasteiger partial charge is 0.459 e. The van der Waals surface area contributed by atoms with Crippen LogP contribution < -0.4 is 0 Å². The summed E-state index contributed by atoms with van der Waals surface area (Å²) in [5.41, 5.74) is 0. The van der Waals surface area contributed by atoms with Crippen molar-refractivity contribution in [3.05, 3.63) is 11.8 Å². The van der Waals surface area contributed by atoms with Crippen molar-refractivity contribution in [1.82, 2.24) is 0 Å². The van der Waals surface area contributed by atoms with Crippen molar-refractivity contribution < 1.29 is 44.6 Å². The van der Waals surface area contributed by atoms with E-state index in [1.165, 1.54) is 0 Å². The largest absolute Gasteiger partial charge is 0.547 e. The van der Waals surface area contributed by atoms with Crippen molar-refractivity contribution >= 4 is 8.32 Å². The van der Waals surface area contributed by atoms with Gasteiger partial charge in [-0.2, -0.15) is 30.7 Å². The molecule has 11 heteroatoms. The van der Waals surface area contributed by atoms with Gasteiger partial charge in [0.25, 0.3) is 0 Å². The third kappa shape index (κ3) is 4.38. The average Bonchev–Trinajstić information content (AvgIpc) is 2.34. The van der Waals surface area contributed by atoms with Crippen molar-refractivity contribution in [2.24, 2.45) is 0 Å². The number of ether oxygens (including phenoxy) is 2. The number of methoxy groups -OCH3 is 1. The van der Waals surface area contributed by atoms with Gasteiger partial charge in [0.2, 0.25) is 8.32 Å². The molecule has 1 rings (SSSR count). The van der Waals surface area contributed by atoms with Crippen molar-refractivity contribution in [2.75, 3.05) is 7.11 Å². The van der Waals surface area contributed by atoms with Crippen molar-refractivity contribution in [3.8, 4) is 0 Å². The molecule has 0 saturated heterocycles. The molecule has 0 bridgehead atoms. The van der Waals surface area contributed by atoms with E-state index in [-0.39, 0.29) is 5.76 Å². The lowest BCUT2D eigenvalue weighted by Crippen LogP contribution is -2.59. The van der Waals surface area contributed by atoms with Crippen LogP contribution in [0.1, 0.15) is 6.42 Å². The summed E-state index contributed by atoms with van der Waals surface area (Å²) in [5, 5.41) is 0. The van der Waals surface area contributed by atoms with Gasteiger partial charge in [-0.3, -0.25) is 0 Å². The molecule has 3 nitrogen and oxygen atoms in total. The summed E-state index contributed by atoms with van der Waals surface area (Å²) in [4.78, 5) is 0. The molecule has 0 aromatic rings.